The number of carbonyl (C=O) groups excluding carboxylic acids is 1. The second-order valence-electron chi connectivity index (χ2n) is 4.95. The molecule has 0 aromatic carbocycles. The summed E-state index contributed by atoms with van der Waals surface area (Å²) in [7, 11) is 1.83. The first-order valence-electron chi connectivity index (χ1n) is 6.63. The van der Waals surface area contributed by atoms with E-state index in [1.54, 1.807) is 4.68 Å². The Kier molecular flexibility index (Phi) is 4.18. The molecule has 4 heteroatoms. The molecular formula is C14H21N3O. The Balaban J connectivity index is 1.81. The van der Waals surface area contributed by atoms with E-state index in [-0.39, 0.29) is 5.91 Å². The summed E-state index contributed by atoms with van der Waals surface area (Å²) < 4.78 is 1.67. The average Bonchev–Trinajstić information content (AvgIpc) is 2.70. The molecule has 0 saturated carbocycles. The highest BCUT2D eigenvalue weighted by Crippen LogP contribution is 2.19. The molecule has 1 heterocycles. The van der Waals surface area contributed by atoms with Crippen LogP contribution in [-0.4, -0.2) is 22.2 Å². The number of rotatable bonds is 4. The zero-order valence-corrected chi connectivity index (χ0v) is 11.2. The molecule has 1 aromatic rings. The van der Waals surface area contributed by atoms with Crippen molar-refractivity contribution < 1.29 is 4.79 Å². The summed E-state index contributed by atoms with van der Waals surface area (Å²) in [5.74, 6) is -0.0653. The van der Waals surface area contributed by atoms with Crippen LogP contribution in [-0.2, 0) is 7.05 Å². The van der Waals surface area contributed by atoms with Crippen LogP contribution in [0.4, 0.5) is 0 Å². The molecule has 4 nitrogen and oxygen atoms in total. The van der Waals surface area contributed by atoms with Crippen LogP contribution >= 0.6 is 0 Å². The van der Waals surface area contributed by atoms with Gasteiger partial charge in [0.2, 0.25) is 0 Å². The Morgan fingerprint density at radius 2 is 2.33 bits per heavy atom. The van der Waals surface area contributed by atoms with Crippen molar-refractivity contribution in [2.45, 2.75) is 39.0 Å². The van der Waals surface area contributed by atoms with Gasteiger partial charge in [-0.3, -0.25) is 9.48 Å². The third-order valence-corrected chi connectivity index (χ3v) is 3.34. The van der Waals surface area contributed by atoms with Crippen molar-refractivity contribution in [1.82, 2.24) is 15.1 Å². The minimum absolute atomic E-state index is 0.0653. The van der Waals surface area contributed by atoms with Gasteiger partial charge >= 0.3 is 0 Å². The van der Waals surface area contributed by atoms with Crippen molar-refractivity contribution in [3.05, 3.63) is 29.1 Å². The highest BCUT2D eigenvalue weighted by Gasteiger charge is 2.12. The minimum Gasteiger partial charge on any atom is -0.350 e. The predicted octanol–water partition coefficient (Wildman–Crippen LogP) is 2.35. The molecule has 1 amide bonds. The van der Waals surface area contributed by atoms with Crippen molar-refractivity contribution in [1.29, 1.82) is 0 Å². The second-order valence-corrected chi connectivity index (χ2v) is 4.95. The third kappa shape index (κ3) is 3.22. The van der Waals surface area contributed by atoms with Crippen LogP contribution in [0.2, 0.25) is 0 Å². The van der Waals surface area contributed by atoms with E-state index in [2.05, 4.69) is 16.5 Å². The second kappa shape index (κ2) is 5.85. The van der Waals surface area contributed by atoms with E-state index in [9.17, 15) is 4.79 Å². The summed E-state index contributed by atoms with van der Waals surface area (Å²) >= 11 is 0. The highest BCUT2D eigenvalue weighted by atomic mass is 16.1. The van der Waals surface area contributed by atoms with Gasteiger partial charge in [-0.1, -0.05) is 11.6 Å². The SMILES string of the molecule is Cc1cn(C)nc1C(=O)NCCC1=CCCCC1. The van der Waals surface area contributed by atoms with Gasteiger partial charge in [0, 0.05) is 25.4 Å². The topological polar surface area (TPSA) is 46.9 Å². The highest BCUT2D eigenvalue weighted by molar-refractivity contribution is 5.93. The van der Waals surface area contributed by atoms with Crippen LogP contribution in [0, 0.1) is 6.92 Å². The molecule has 0 bridgehead atoms. The lowest BCUT2D eigenvalue weighted by molar-refractivity contribution is 0.0947. The van der Waals surface area contributed by atoms with Crippen molar-refractivity contribution in [2.75, 3.05) is 6.54 Å². The van der Waals surface area contributed by atoms with Gasteiger partial charge in [-0.25, -0.2) is 0 Å². The fraction of sp³-hybridized carbons (Fsp3) is 0.571. The van der Waals surface area contributed by atoms with E-state index in [1.807, 2.05) is 20.2 Å². The Morgan fingerprint density at radius 3 is 2.94 bits per heavy atom. The smallest absolute Gasteiger partial charge is 0.272 e. The van der Waals surface area contributed by atoms with Crippen LogP contribution in [0.15, 0.2) is 17.8 Å². The van der Waals surface area contributed by atoms with Gasteiger partial charge < -0.3 is 5.32 Å². The molecule has 1 aliphatic carbocycles. The molecule has 0 aliphatic heterocycles. The van der Waals surface area contributed by atoms with Crippen LogP contribution in [0.5, 0.6) is 0 Å². The Hall–Kier alpha value is -1.58. The molecule has 0 atom stereocenters. The molecule has 98 valence electrons. The van der Waals surface area contributed by atoms with E-state index >= 15 is 0 Å². The van der Waals surface area contributed by atoms with Gasteiger partial charge in [0.15, 0.2) is 5.69 Å². The maximum Gasteiger partial charge on any atom is 0.272 e. The van der Waals surface area contributed by atoms with E-state index in [4.69, 9.17) is 0 Å². The van der Waals surface area contributed by atoms with Crippen molar-refractivity contribution in [2.24, 2.45) is 7.05 Å². The molecular weight excluding hydrogens is 226 g/mol. The quantitative estimate of drug-likeness (QED) is 0.830. The molecule has 1 aliphatic rings. The number of aromatic nitrogens is 2. The number of hydrogen-bond donors (Lipinski definition) is 1. The van der Waals surface area contributed by atoms with Crippen molar-refractivity contribution in [3.63, 3.8) is 0 Å². The first-order valence-corrected chi connectivity index (χ1v) is 6.63. The average molecular weight is 247 g/mol. The minimum atomic E-state index is -0.0653. The number of nitrogens with zero attached hydrogens (tertiary/aromatic N) is 2. The van der Waals surface area contributed by atoms with Gasteiger partial charge in [0.05, 0.1) is 0 Å². The standard InChI is InChI=1S/C14H21N3O/c1-11-10-17(2)16-13(11)14(18)15-9-8-12-6-4-3-5-7-12/h6,10H,3-5,7-9H2,1-2H3,(H,15,18). The molecule has 1 N–H and O–H groups in total. The molecule has 1 aromatic heterocycles. The fourth-order valence-electron chi connectivity index (χ4n) is 2.38. The van der Waals surface area contributed by atoms with Crippen LogP contribution in [0.1, 0.15) is 48.2 Å². The van der Waals surface area contributed by atoms with Gasteiger partial charge in [-0.05, 0) is 39.0 Å². The van der Waals surface area contributed by atoms with E-state index in [0.717, 1.165) is 12.0 Å². The van der Waals surface area contributed by atoms with Gasteiger partial charge in [0.25, 0.3) is 5.91 Å². The number of nitrogens with one attached hydrogen (secondary N) is 1. The predicted molar refractivity (Wildman–Crippen MR) is 71.4 cm³/mol. The van der Waals surface area contributed by atoms with Crippen LogP contribution in [0.25, 0.3) is 0 Å². The summed E-state index contributed by atoms with van der Waals surface area (Å²) in [5, 5.41) is 7.11. The maximum atomic E-state index is 11.9. The molecule has 0 spiro atoms. The third-order valence-electron chi connectivity index (χ3n) is 3.34. The lowest BCUT2D eigenvalue weighted by Crippen LogP contribution is -2.26. The zero-order chi connectivity index (χ0) is 13.0. The number of aryl methyl sites for hydroxylation is 2. The monoisotopic (exact) mass is 247 g/mol. The molecule has 2 rings (SSSR count). The number of allylic oxidation sites excluding steroid dienone is 1. The number of carbonyl (C=O) groups is 1. The van der Waals surface area contributed by atoms with Gasteiger partial charge in [-0.15, -0.1) is 0 Å². The summed E-state index contributed by atoms with van der Waals surface area (Å²) in [5.41, 5.74) is 2.95. The van der Waals surface area contributed by atoms with Crippen LogP contribution < -0.4 is 5.32 Å². The summed E-state index contributed by atoms with van der Waals surface area (Å²) in [4.78, 5) is 11.9. The Labute approximate surface area is 108 Å². The van der Waals surface area contributed by atoms with Gasteiger partial charge in [-0.2, -0.15) is 5.10 Å². The molecule has 0 unspecified atom stereocenters. The van der Waals surface area contributed by atoms with Crippen molar-refractivity contribution >= 4 is 5.91 Å². The van der Waals surface area contributed by atoms with E-state index < -0.39 is 0 Å². The molecule has 0 saturated heterocycles. The number of hydrogen-bond acceptors (Lipinski definition) is 2. The Bertz CT molecular complexity index is 460. The lowest BCUT2D eigenvalue weighted by Gasteiger charge is -2.12. The summed E-state index contributed by atoms with van der Waals surface area (Å²) in [6, 6.07) is 0. The lowest BCUT2D eigenvalue weighted by atomic mass is 9.97. The summed E-state index contributed by atoms with van der Waals surface area (Å²) in [6.07, 6.45) is 10.1. The first-order chi connectivity index (χ1) is 8.66. The molecule has 18 heavy (non-hydrogen) atoms. The largest absolute Gasteiger partial charge is 0.350 e. The van der Waals surface area contributed by atoms with Crippen molar-refractivity contribution in [3.8, 4) is 0 Å². The van der Waals surface area contributed by atoms with Crippen LogP contribution in [0.3, 0.4) is 0 Å². The fourth-order valence-corrected chi connectivity index (χ4v) is 2.38. The molecule has 0 radical (unpaired) electrons. The van der Waals surface area contributed by atoms with E-state index in [0.29, 0.717) is 12.2 Å². The molecule has 0 fully saturated rings. The Morgan fingerprint density at radius 1 is 1.50 bits per heavy atom. The zero-order valence-electron chi connectivity index (χ0n) is 11.2. The van der Waals surface area contributed by atoms with E-state index in [1.165, 1.54) is 31.3 Å². The summed E-state index contributed by atoms with van der Waals surface area (Å²) in [6.45, 7) is 2.62. The van der Waals surface area contributed by atoms with Gasteiger partial charge in [0.1, 0.15) is 0 Å². The maximum absolute atomic E-state index is 11.9. The normalized spacial score (nSPS) is 15.3. The first kappa shape index (κ1) is 12.9. The number of amides is 1.